The Bertz CT molecular complexity index is 3730. The Morgan fingerprint density at radius 3 is 1.37 bits per heavy atom. The van der Waals surface area contributed by atoms with Crippen molar-refractivity contribution in [1.29, 1.82) is 0 Å². The summed E-state index contributed by atoms with van der Waals surface area (Å²) in [6, 6.07) is 104. The van der Waals surface area contributed by atoms with E-state index in [1.165, 1.54) is 89.3 Å². The monoisotopic (exact) mass is 890 g/mol. The second-order valence-corrected chi connectivity index (χ2v) is 18.7. The lowest BCUT2D eigenvalue weighted by Crippen LogP contribution is -2.36. The number of para-hydroxylation sites is 2. The van der Waals surface area contributed by atoms with Gasteiger partial charge in [0, 0.05) is 28.3 Å². The maximum Gasteiger partial charge on any atom is 0.0755 e. The molecule has 0 radical (unpaired) electrons. The highest BCUT2D eigenvalue weighted by atomic mass is 15.2. The average molecular weight is 891 g/mol. The third-order valence-corrected chi connectivity index (χ3v) is 15.3. The number of hydrogen-bond donors (Lipinski definition) is 0. The molecule has 70 heavy (non-hydrogen) atoms. The van der Waals surface area contributed by atoms with Crippen LogP contribution in [0.25, 0.3) is 33.4 Å². The summed E-state index contributed by atoms with van der Waals surface area (Å²) in [6.07, 6.45) is 0. The second kappa shape index (κ2) is 15.8. The normalized spacial score (nSPS) is 15.3. The topological polar surface area (TPSA) is 6.48 Å². The Morgan fingerprint density at radius 1 is 0.271 bits per heavy atom. The minimum Gasteiger partial charge on any atom is -0.310 e. The summed E-state index contributed by atoms with van der Waals surface area (Å²) in [6.45, 7) is 0. The molecule has 328 valence electrons. The first-order valence-corrected chi connectivity index (χ1v) is 24.3. The fraction of sp³-hybridized carbons (Fsp3) is 0.0294. The molecular formula is C68H46N2. The molecule has 2 nitrogen and oxygen atoms in total. The zero-order valence-electron chi connectivity index (χ0n) is 38.5. The molecule has 11 aromatic rings. The van der Waals surface area contributed by atoms with E-state index in [0.717, 1.165) is 22.7 Å². The van der Waals surface area contributed by atoms with Gasteiger partial charge in [-0.1, -0.05) is 218 Å². The SMILES string of the molecule is c1ccc(-c2cccc(N(c3ccc4c(c3)C(c3ccccc3)(c3ccccc3)c3ccccc3-4)c3ccc4c(c3)C3(c5ccccc5)c5ccccc5N(c5ccccc5)c5cccc-4c53)c2)cc1. The maximum atomic E-state index is 2.51. The van der Waals surface area contributed by atoms with Crippen molar-refractivity contribution in [3.05, 3.63) is 324 Å². The lowest BCUT2D eigenvalue weighted by atomic mass is 9.65. The molecule has 1 unspecified atom stereocenters. The highest BCUT2D eigenvalue weighted by Gasteiger charge is 2.53. The fourth-order valence-corrected chi connectivity index (χ4v) is 12.6. The van der Waals surface area contributed by atoms with Crippen molar-refractivity contribution in [2.24, 2.45) is 0 Å². The van der Waals surface area contributed by atoms with Crippen LogP contribution in [0.3, 0.4) is 0 Å². The van der Waals surface area contributed by atoms with Gasteiger partial charge in [-0.15, -0.1) is 0 Å². The molecule has 1 aliphatic heterocycles. The van der Waals surface area contributed by atoms with E-state index >= 15 is 0 Å². The molecule has 0 saturated heterocycles. The highest BCUT2D eigenvalue weighted by molar-refractivity contribution is 6.00. The summed E-state index contributed by atoms with van der Waals surface area (Å²) >= 11 is 0. The number of fused-ring (bicyclic) bond motifs is 8. The third-order valence-electron chi connectivity index (χ3n) is 15.3. The zero-order chi connectivity index (χ0) is 46.2. The number of rotatable bonds is 8. The largest absolute Gasteiger partial charge is 0.310 e. The first-order valence-electron chi connectivity index (χ1n) is 24.3. The second-order valence-electron chi connectivity index (χ2n) is 18.7. The minimum absolute atomic E-state index is 0.550. The first kappa shape index (κ1) is 40.1. The molecule has 1 atom stereocenters. The van der Waals surface area contributed by atoms with Crippen LogP contribution >= 0.6 is 0 Å². The summed E-state index contributed by atoms with van der Waals surface area (Å²) in [5.41, 5.74) is 23.2. The molecule has 0 saturated carbocycles. The van der Waals surface area contributed by atoms with E-state index in [9.17, 15) is 0 Å². The van der Waals surface area contributed by atoms with E-state index in [1.807, 2.05) is 0 Å². The molecule has 0 aromatic heterocycles. The van der Waals surface area contributed by atoms with Crippen molar-refractivity contribution < 1.29 is 0 Å². The summed E-state index contributed by atoms with van der Waals surface area (Å²) in [5, 5.41) is 0. The van der Waals surface area contributed by atoms with Crippen LogP contribution in [0.4, 0.5) is 34.1 Å². The van der Waals surface area contributed by atoms with Gasteiger partial charge in [-0.3, -0.25) is 0 Å². The number of hydrogen-bond acceptors (Lipinski definition) is 2. The van der Waals surface area contributed by atoms with Gasteiger partial charge in [0.15, 0.2) is 0 Å². The van der Waals surface area contributed by atoms with E-state index in [4.69, 9.17) is 0 Å². The predicted molar refractivity (Wildman–Crippen MR) is 289 cm³/mol. The van der Waals surface area contributed by atoms with E-state index in [2.05, 4.69) is 289 Å². The molecule has 14 rings (SSSR count). The molecule has 0 N–H and O–H groups in total. The molecule has 3 aliphatic rings. The van der Waals surface area contributed by atoms with E-state index < -0.39 is 10.8 Å². The van der Waals surface area contributed by atoms with Crippen molar-refractivity contribution in [2.45, 2.75) is 10.8 Å². The molecule has 0 spiro atoms. The molecular weight excluding hydrogens is 845 g/mol. The zero-order valence-corrected chi connectivity index (χ0v) is 38.5. The van der Waals surface area contributed by atoms with Crippen LogP contribution in [0.2, 0.25) is 0 Å². The molecule has 11 aromatic carbocycles. The average Bonchev–Trinajstić information content (AvgIpc) is 3.91. The number of benzene rings is 11. The smallest absolute Gasteiger partial charge is 0.0755 e. The van der Waals surface area contributed by atoms with Crippen molar-refractivity contribution in [1.82, 2.24) is 0 Å². The van der Waals surface area contributed by atoms with Gasteiger partial charge >= 0.3 is 0 Å². The first-order chi connectivity index (χ1) is 34.7. The van der Waals surface area contributed by atoms with Gasteiger partial charge in [0.05, 0.1) is 22.2 Å². The highest BCUT2D eigenvalue weighted by Crippen LogP contribution is 2.65. The van der Waals surface area contributed by atoms with Crippen LogP contribution in [0.5, 0.6) is 0 Å². The lowest BCUT2D eigenvalue weighted by molar-refractivity contribution is 0.753. The molecule has 0 amide bonds. The van der Waals surface area contributed by atoms with Crippen LogP contribution in [-0.2, 0) is 10.8 Å². The Morgan fingerprint density at radius 2 is 0.714 bits per heavy atom. The van der Waals surface area contributed by atoms with Gasteiger partial charge in [0.1, 0.15) is 0 Å². The Kier molecular flexibility index (Phi) is 9.06. The van der Waals surface area contributed by atoms with Crippen LogP contribution in [0.1, 0.15) is 44.5 Å². The van der Waals surface area contributed by atoms with Gasteiger partial charge in [-0.25, -0.2) is 0 Å². The Labute approximate surface area is 409 Å². The predicted octanol–water partition coefficient (Wildman–Crippen LogP) is 17.3. The van der Waals surface area contributed by atoms with Crippen molar-refractivity contribution in [3.63, 3.8) is 0 Å². The summed E-state index contributed by atoms with van der Waals surface area (Å²) in [4.78, 5) is 4.97. The van der Waals surface area contributed by atoms with E-state index in [-0.39, 0.29) is 0 Å². The molecule has 1 heterocycles. The summed E-state index contributed by atoms with van der Waals surface area (Å²) in [7, 11) is 0. The summed E-state index contributed by atoms with van der Waals surface area (Å²) in [5.74, 6) is 0. The van der Waals surface area contributed by atoms with Crippen molar-refractivity contribution in [3.8, 4) is 33.4 Å². The lowest BCUT2D eigenvalue weighted by Gasteiger charge is -2.44. The molecule has 2 aliphatic carbocycles. The summed E-state index contributed by atoms with van der Waals surface area (Å²) < 4.78 is 0. The van der Waals surface area contributed by atoms with E-state index in [0.29, 0.717) is 0 Å². The molecule has 2 heteroatoms. The Balaban J connectivity index is 1.05. The number of nitrogens with zero attached hydrogens (tertiary/aromatic N) is 2. The van der Waals surface area contributed by atoms with Crippen molar-refractivity contribution >= 4 is 34.1 Å². The van der Waals surface area contributed by atoms with Crippen LogP contribution in [0.15, 0.2) is 279 Å². The third kappa shape index (κ3) is 5.68. The van der Waals surface area contributed by atoms with Crippen LogP contribution < -0.4 is 9.80 Å². The quantitative estimate of drug-likeness (QED) is 0.150. The van der Waals surface area contributed by atoms with Gasteiger partial charge in [-0.05, 0) is 133 Å². The Hall–Kier alpha value is -8.98. The van der Waals surface area contributed by atoms with Crippen molar-refractivity contribution in [2.75, 3.05) is 9.80 Å². The van der Waals surface area contributed by atoms with Gasteiger partial charge < -0.3 is 9.80 Å². The van der Waals surface area contributed by atoms with E-state index in [1.54, 1.807) is 0 Å². The number of anilines is 6. The van der Waals surface area contributed by atoms with Crippen LogP contribution in [0, 0.1) is 0 Å². The minimum atomic E-state index is -0.604. The van der Waals surface area contributed by atoms with Gasteiger partial charge in [0.2, 0.25) is 0 Å². The standard InChI is InChI=1S/C68H46N2/c1-6-22-47(23-7-1)48-24-20-33-53(44-48)69(54-40-42-57-56-34-16-17-36-60(56)67(62(57)45-54,49-25-8-2-9-26-49)50-27-10-3-11-28-50)55-41-43-58-59-35-21-39-65-66(59)68(63(58)46-55,51-29-12-4-13-30-51)61-37-18-19-38-64(61)70(65)52-31-14-5-15-32-52/h1-46H. The molecule has 0 fully saturated rings. The van der Waals surface area contributed by atoms with Crippen LogP contribution in [-0.4, -0.2) is 0 Å². The van der Waals surface area contributed by atoms with Gasteiger partial charge in [-0.2, -0.15) is 0 Å². The molecule has 0 bridgehead atoms. The fourth-order valence-electron chi connectivity index (χ4n) is 12.6. The van der Waals surface area contributed by atoms with Gasteiger partial charge in [0.25, 0.3) is 0 Å². The maximum absolute atomic E-state index is 2.51.